The summed E-state index contributed by atoms with van der Waals surface area (Å²) < 4.78 is 28.9. The van der Waals surface area contributed by atoms with Gasteiger partial charge in [-0.05, 0) is 25.7 Å². The molecule has 1 aliphatic carbocycles. The van der Waals surface area contributed by atoms with E-state index in [1.165, 1.54) is 6.20 Å². The number of hydrogen-bond donors (Lipinski definition) is 0. The van der Waals surface area contributed by atoms with Gasteiger partial charge >= 0.3 is 0 Å². The third kappa shape index (κ3) is 3.58. The molecule has 3 heterocycles. The first-order chi connectivity index (χ1) is 13.4. The zero-order chi connectivity index (χ0) is 19.9. The average molecular weight is 406 g/mol. The van der Waals surface area contributed by atoms with Crippen molar-refractivity contribution in [2.75, 3.05) is 37.0 Å². The Morgan fingerprint density at radius 2 is 1.64 bits per heavy atom. The molecule has 0 amide bonds. The van der Waals surface area contributed by atoms with Crippen LogP contribution in [-0.4, -0.2) is 71.5 Å². The van der Waals surface area contributed by atoms with Gasteiger partial charge in [0.05, 0.1) is 0 Å². The van der Waals surface area contributed by atoms with Crippen LogP contribution >= 0.6 is 0 Å². The summed E-state index contributed by atoms with van der Waals surface area (Å²) in [6.07, 6.45) is 8.67. The molecule has 1 aliphatic heterocycles. The van der Waals surface area contributed by atoms with Crippen molar-refractivity contribution in [2.45, 2.75) is 42.9 Å². The zero-order valence-corrected chi connectivity index (χ0v) is 17.4. The number of imidazole rings is 1. The Morgan fingerprint density at radius 1 is 1.00 bits per heavy atom. The van der Waals surface area contributed by atoms with Gasteiger partial charge < -0.3 is 14.4 Å². The molecule has 0 N–H and O–H groups in total. The normalized spacial score (nSPS) is 19.0. The zero-order valence-electron chi connectivity index (χ0n) is 16.6. The van der Waals surface area contributed by atoms with Crippen molar-refractivity contribution in [3.05, 3.63) is 24.8 Å². The molecule has 0 bridgehead atoms. The highest BCUT2D eigenvalue weighted by Gasteiger charge is 2.39. The van der Waals surface area contributed by atoms with E-state index < -0.39 is 10.0 Å². The van der Waals surface area contributed by atoms with Gasteiger partial charge in [0.25, 0.3) is 10.0 Å². The van der Waals surface area contributed by atoms with E-state index in [2.05, 4.69) is 19.9 Å². The number of nitrogens with zero attached hydrogens (tertiary/aromatic N) is 7. The summed E-state index contributed by atoms with van der Waals surface area (Å²) in [4.78, 5) is 17.2. The van der Waals surface area contributed by atoms with Crippen LogP contribution in [0.1, 0.15) is 25.7 Å². The molecule has 1 saturated heterocycles. The molecule has 2 aliphatic rings. The van der Waals surface area contributed by atoms with E-state index >= 15 is 0 Å². The predicted octanol–water partition coefficient (Wildman–Crippen LogP) is 1.10. The van der Waals surface area contributed by atoms with Crippen molar-refractivity contribution in [2.24, 2.45) is 7.05 Å². The van der Waals surface area contributed by atoms with Gasteiger partial charge in [-0.2, -0.15) is 4.31 Å². The monoisotopic (exact) mass is 405 g/mol. The predicted molar refractivity (Wildman–Crippen MR) is 107 cm³/mol. The summed E-state index contributed by atoms with van der Waals surface area (Å²) in [7, 11) is 2.09. The van der Waals surface area contributed by atoms with Gasteiger partial charge in [-0.1, -0.05) is 0 Å². The fourth-order valence-electron chi connectivity index (χ4n) is 3.82. The van der Waals surface area contributed by atoms with E-state index in [1.54, 1.807) is 28.4 Å². The summed E-state index contributed by atoms with van der Waals surface area (Å²) in [6.45, 7) is 0.989. The number of anilines is 2. The van der Waals surface area contributed by atoms with Crippen molar-refractivity contribution in [1.29, 1.82) is 0 Å². The Labute approximate surface area is 166 Å². The molecule has 0 aromatic carbocycles. The van der Waals surface area contributed by atoms with Crippen LogP contribution in [0.25, 0.3) is 0 Å². The SMILES string of the molecule is CN(C)c1cc(N(C2CC2)C2CCN(S(=O)(=O)c3nccn3C)CC2)ncn1. The van der Waals surface area contributed by atoms with Gasteiger partial charge in [0.15, 0.2) is 0 Å². The highest BCUT2D eigenvalue weighted by Crippen LogP contribution is 2.36. The van der Waals surface area contributed by atoms with Gasteiger partial charge in [-0.25, -0.2) is 23.4 Å². The van der Waals surface area contributed by atoms with Crippen molar-refractivity contribution >= 4 is 21.7 Å². The fourth-order valence-corrected chi connectivity index (χ4v) is 5.37. The minimum atomic E-state index is -3.55. The van der Waals surface area contributed by atoms with E-state index in [-0.39, 0.29) is 11.2 Å². The molecule has 0 unspecified atom stereocenters. The molecule has 4 rings (SSSR count). The number of aryl methyl sites for hydroxylation is 1. The quantitative estimate of drug-likeness (QED) is 0.711. The first kappa shape index (κ1) is 19.1. The molecule has 2 aromatic heterocycles. The lowest BCUT2D eigenvalue weighted by Crippen LogP contribution is -2.48. The first-order valence-corrected chi connectivity index (χ1v) is 11.1. The van der Waals surface area contributed by atoms with Crippen LogP contribution in [0.15, 0.2) is 29.9 Å². The van der Waals surface area contributed by atoms with Crippen LogP contribution < -0.4 is 9.80 Å². The summed E-state index contributed by atoms with van der Waals surface area (Å²) in [6, 6.07) is 2.80. The van der Waals surface area contributed by atoms with Gasteiger partial charge in [-0.15, -0.1) is 0 Å². The van der Waals surface area contributed by atoms with E-state index in [0.29, 0.717) is 19.1 Å². The van der Waals surface area contributed by atoms with Crippen LogP contribution in [0.4, 0.5) is 11.6 Å². The molecule has 28 heavy (non-hydrogen) atoms. The Kier molecular flexibility index (Phi) is 5.00. The van der Waals surface area contributed by atoms with E-state index in [4.69, 9.17) is 0 Å². The molecule has 10 heteroatoms. The topological polar surface area (TPSA) is 87.5 Å². The molecule has 2 fully saturated rings. The minimum absolute atomic E-state index is 0.108. The second kappa shape index (κ2) is 7.32. The minimum Gasteiger partial charge on any atom is -0.363 e. The molecule has 0 atom stereocenters. The maximum absolute atomic E-state index is 12.9. The lowest BCUT2D eigenvalue weighted by Gasteiger charge is -2.38. The second-order valence-electron chi connectivity index (χ2n) is 7.72. The number of sulfonamides is 1. The van der Waals surface area contributed by atoms with Gasteiger partial charge in [-0.3, -0.25) is 0 Å². The van der Waals surface area contributed by atoms with Crippen LogP contribution in [-0.2, 0) is 17.1 Å². The van der Waals surface area contributed by atoms with Crippen LogP contribution in [0.5, 0.6) is 0 Å². The summed E-state index contributed by atoms with van der Waals surface area (Å²) in [5.74, 6) is 1.82. The summed E-state index contributed by atoms with van der Waals surface area (Å²) in [5.41, 5.74) is 0. The molecular weight excluding hydrogens is 378 g/mol. The van der Waals surface area contributed by atoms with E-state index in [1.807, 2.05) is 25.1 Å². The number of rotatable bonds is 6. The molecule has 9 nitrogen and oxygen atoms in total. The highest BCUT2D eigenvalue weighted by atomic mass is 32.2. The van der Waals surface area contributed by atoms with Crippen molar-refractivity contribution in [3.63, 3.8) is 0 Å². The Bertz CT molecular complexity index is 931. The lowest BCUT2D eigenvalue weighted by atomic mass is 10.0. The maximum Gasteiger partial charge on any atom is 0.277 e. The molecule has 152 valence electrons. The Morgan fingerprint density at radius 3 is 2.21 bits per heavy atom. The summed E-state index contributed by atoms with van der Waals surface area (Å²) in [5, 5.41) is 0.108. The standard InChI is InChI=1S/C18H27N7O2S/c1-22(2)16-12-17(21-13-20-16)25(14-4-5-14)15-6-9-24(10-7-15)28(26,27)18-19-8-11-23(18)3/h8,11-15H,4-7,9-10H2,1-3H3. The third-order valence-corrected chi connectivity index (χ3v) is 7.37. The highest BCUT2D eigenvalue weighted by molar-refractivity contribution is 7.89. The second-order valence-corrected chi connectivity index (χ2v) is 9.55. The number of hydrogen-bond acceptors (Lipinski definition) is 7. The van der Waals surface area contributed by atoms with Crippen LogP contribution in [0.3, 0.4) is 0 Å². The largest absolute Gasteiger partial charge is 0.363 e. The van der Waals surface area contributed by atoms with E-state index in [9.17, 15) is 8.42 Å². The first-order valence-electron chi connectivity index (χ1n) is 9.63. The van der Waals surface area contributed by atoms with Gasteiger partial charge in [0, 0.05) is 64.8 Å². The van der Waals surface area contributed by atoms with Gasteiger partial charge in [0.1, 0.15) is 18.0 Å². The fraction of sp³-hybridized carbons (Fsp3) is 0.611. The lowest BCUT2D eigenvalue weighted by molar-refractivity contribution is 0.305. The molecular formula is C18H27N7O2S. The number of piperidine rings is 1. The van der Waals surface area contributed by atoms with Crippen LogP contribution in [0.2, 0.25) is 0 Å². The number of aromatic nitrogens is 4. The third-order valence-electron chi connectivity index (χ3n) is 5.47. The summed E-state index contributed by atoms with van der Waals surface area (Å²) >= 11 is 0. The molecule has 2 aromatic rings. The maximum atomic E-state index is 12.9. The van der Waals surface area contributed by atoms with Crippen molar-refractivity contribution < 1.29 is 8.42 Å². The van der Waals surface area contributed by atoms with Gasteiger partial charge in [0.2, 0.25) is 5.16 Å². The van der Waals surface area contributed by atoms with Crippen molar-refractivity contribution in [3.8, 4) is 0 Å². The smallest absolute Gasteiger partial charge is 0.277 e. The van der Waals surface area contributed by atoms with Crippen molar-refractivity contribution in [1.82, 2.24) is 23.8 Å². The average Bonchev–Trinajstić information content (AvgIpc) is 3.41. The molecule has 1 saturated carbocycles. The Balaban J connectivity index is 1.50. The molecule has 0 radical (unpaired) electrons. The van der Waals surface area contributed by atoms with E-state index in [0.717, 1.165) is 37.3 Å². The van der Waals surface area contributed by atoms with Crippen LogP contribution in [0, 0.1) is 0 Å². The Hall–Kier alpha value is -2.20. The molecule has 0 spiro atoms.